The van der Waals surface area contributed by atoms with Crippen molar-refractivity contribution in [1.82, 2.24) is 24.8 Å². The Morgan fingerprint density at radius 2 is 1.61 bits per heavy atom. The Morgan fingerprint density at radius 1 is 0.935 bits per heavy atom. The number of piperidine rings is 1. The summed E-state index contributed by atoms with van der Waals surface area (Å²) in [5.74, 6) is 0.144. The number of carbonyl (C=O) groups is 1. The number of anilines is 1. The summed E-state index contributed by atoms with van der Waals surface area (Å²) in [6.45, 7) is 3.63. The van der Waals surface area contributed by atoms with Gasteiger partial charge in [0.2, 0.25) is 0 Å². The van der Waals surface area contributed by atoms with Gasteiger partial charge in [-0.2, -0.15) is 0 Å². The van der Waals surface area contributed by atoms with Gasteiger partial charge in [0.1, 0.15) is 16.9 Å². The van der Waals surface area contributed by atoms with E-state index in [1.54, 1.807) is 0 Å². The second-order valence-corrected chi connectivity index (χ2v) is 7.97. The van der Waals surface area contributed by atoms with Crippen molar-refractivity contribution in [2.24, 2.45) is 0 Å². The van der Waals surface area contributed by atoms with Crippen LogP contribution >= 0.6 is 0 Å². The first kappa shape index (κ1) is 19.5. The number of likely N-dealkylation sites (tertiary alicyclic amines) is 1. The van der Waals surface area contributed by atoms with Crippen molar-refractivity contribution < 1.29 is 4.79 Å². The van der Waals surface area contributed by atoms with Gasteiger partial charge in [-0.15, -0.1) is 0 Å². The fourth-order valence-corrected chi connectivity index (χ4v) is 4.32. The Labute approximate surface area is 180 Å². The maximum Gasteiger partial charge on any atom is 0.257 e. The lowest BCUT2D eigenvalue weighted by atomic mass is 10.1. The molecule has 0 aliphatic carbocycles. The van der Waals surface area contributed by atoms with Crippen LogP contribution in [0.5, 0.6) is 0 Å². The average Bonchev–Trinajstić information content (AvgIpc) is 3.09. The molecule has 158 valence electrons. The van der Waals surface area contributed by atoms with E-state index in [2.05, 4.69) is 10.2 Å². The van der Waals surface area contributed by atoms with Crippen LogP contribution in [0.25, 0.3) is 27.9 Å². The van der Waals surface area contributed by atoms with Gasteiger partial charge in [-0.1, -0.05) is 36.8 Å². The molecule has 5 rings (SSSR count). The summed E-state index contributed by atoms with van der Waals surface area (Å²) in [7, 11) is 0. The lowest BCUT2D eigenvalue weighted by Crippen LogP contribution is -2.37. The number of nitrogens with zero attached hydrogens (tertiary/aromatic N) is 4. The van der Waals surface area contributed by atoms with Crippen LogP contribution in [-0.4, -0.2) is 51.5 Å². The number of hydrogen-bond donors (Lipinski definition) is 2. The first-order valence-electron chi connectivity index (χ1n) is 10.8. The van der Waals surface area contributed by atoms with Crippen molar-refractivity contribution in [3.05, 3.63) is 60.2 Å². The van der Waals surface area contributed by atoms with Crippen LogP contribution in [0.3, 0.4) is 0 Å². The van der Waals surface area contributed by atoms with E-state index in [1.165, 1.54) is 19.3 Å². The highest BCUT2D eigenvalue weighted by atomic mass is 16.1. The van der Waals surface area contributed by atoms with Gasteiger partial charge >= 0.3 is 0 Å². The molecule has 0 bridgehead atoms. The zero-order chi connectivity index (χ0) is 21.2. The first-order valence-corrected chi connectivity index (χ1v) is 10.8. The molecule has 3 heterocycles. The van der Waals surface area contributed by atoms with E-state index in [4.69, 9.17) is 15.7 Å². The third-order valence-corrected chi connectivity index (χ3v) is 5.90. The van der Waals surface area contributed by atoms with Crippen molar-refractivity contribution in [1.29, 1.82) is 0 Å². The van der Waals surface area contributed by atoms with Gasteiger partial charge in [0.25, 0.3) is 5.91 Å². The van der Waals surface area contributed by atoms with E-state index in [-0.39, 0.29) is 5.91 Å². The minimum absolute atomic E-state index is 0.209. The van der Waals surface area contributed by atoms with Crippen LogP contribution in [0, 0.1) is 0 Å². The summed E-state index contributed by atoms with van der Waals surface area (Å²) < 4.78 is 1.81. The summed E-state index contributed by atoms with van der Waals surface area (Å²) in [5.41, 5.74) is 10.4. The van der Waals surface area contributed by atoms with Crippen molar-refractivity contribution >= 4 is 33.9 Å². The second kappa shape index (κ2) is 8.35. The number of nitrogens with two attached hydrogens (primary N) is 1. The van der Waals surface area contributed by atoms with Crippen LogP contribution in [0.1, 0.15) is 29.6 Å². The number of rotatable bonds is 5. The summed E-state index contributed by atoms with van der Waals surface area (Å²) in [6.07, 6.45) is 3.76. The molecule has 1 amide bonds. The number of fused-ring (bicyclic) bond motifs is 2. The van der Waals surface area contributed by atoms with E-state index in [1.807, 2.05) is 59.2 Å². The number of nitrogen functional groups attached to an aromatic ring is 1. The molecule has 4 aromatic rings. The molecule has 2 aromatic carbocycles. The summed E-state index contributed by atoms with van der Waals surface area (Å²) in [6, 6.07) is 17.4. The van der Waals surface area contributed by atoms with Gasteiger partial charge in [0, 0.05) is 18.8 Å². The number of para-hydroxylation sites is 3. The number of amides is 1. The second-order valence-electron chi connectivity index (χ2n) is 7.97. The van der Waals surface area contributed by atoms with Gasteiger partial charge in [0.05, 0.1) is 11.0 Å². The van der Waals surface area contributed by atoms with Gasteiger partial charge in [-0.05, 0) is 50.2 Å². The summed E-state index contributed by atoms with van der Waals surface area (Å²) >= 11 is 0. The lowest BCUT2D eigenvalue weighted by molar-refractivity contribution is 0.0949. The lowest BCUT2D eigenvalue weighted by Gasteiger charge is -2.26. The number of aromatic nitrogens is 3. The Hall–Kier alpha value is -3.45. The van der Waals surface area contributed by atoms with Crippen molar-refractivity contribution in [3.8, 4) is 5.69 Å². The average molecular weight is 415 g/mol. The molecule has 7 nitrogen and oxygen atoms in total. The molecule has 31 heavy (non-hydrogen) atoms. The smallest absolute Gasteiger partial charge is 0.257 e. The Morgan fingerprint density at radius 3 is 2.35 bits per heavy atom. The standard InChI is InChI=1S/C24H26N6O/c25-22-20(24(31)26-13-16-29-14-7-2-8-15-29)21-23(30(22)17-9-3-1-4-10-17)28-19-12-6-5-11-18(19)27-21/h1,3-6,9-12H,2,7-8,13-16,25H2,(H,26,31). The maximum atomic E-state index is 13.2. The van der Waals surface area contributed by atoms with E-state index in [0.717, 1.165) is 36.4 Å². The molecular formula is C24H26N6O. The summed E-state index contributed by atoms with van der Waals surface area (Å²) in [4.78, 5) is 25.2. The largest absolute Gasteiger partial charge is 0.384 e. The Balaban J connectivity index is 1.54. The normalized spacial score (nSPS) is 14.8. The van der Waals surface area contributed by atoms with Crippen LogP contribution in [0.4, 0.5) is 5.82 Å². The fourth-order valence-electron chi connectivity index (χ4n) is 4.32. The zero-order valence-corrected chi connectivity index (χ0v) is 17.4. The molecule has 0 radical (unpaired) electrons. The molecule has 3 N–H and O–H groups in total. The third kappa shape index (κ3) is 3.72. The number of carbonyl (C=O) groups excluding carboxylic acids is 1. The highest BCUT2D eigenvalue weighted by molar-refractivity contribution is 6.11. The third-order valence-electron chi connectivity index (χ3n) is 5.90. The van der Waals surface area contributed by atoms with Crippen molar-refractivity contribution in [2.45, 2.75) is 19.3 Å². The number of nitrogens with one attached hydrogen (secondary N) is 1. The van der Waals surface area contributed by atoms with Crippen LogP contribution in [0.2, 0.25) is 0 Å². The molecule has 1 fully saturated rings. The van der Waals surface area contributed by atoms with Crippen LogP contribution < -0.4 is 11.1 Å². The van der Waals surface area contributed by atoms with Crippen LogP contribution in [-0.2, 0) is 0 Å². The van der Waals surface area contributed by atoms with Gasteiger partial charge in [-0.25, -0.2) is 9.97 Å². The predicted molar refractivity (Wildman–Crippen MR) is 123 cm³/mol. The Kier molecular flexibility index (Phi) is 5.26. The van der Waals surface area contributed by atoms with Gasteiger partial charge < -0.3 is 16.0 Å². The quantitative estimate of drug-likeness (QED) is 0.523. The van der Waals surface area contributed by atoms with Crippen molar-refractivity contribution in [2.75, 3.05) is 31.9 Å². The van der Waals surface area contributed by atoms with Gasteiger partial charge in [-0.3, -0.25) is 9.36 Å². The van der Waals surface area contributed by atoms with Crippen LogP contribution in [0.15, 0.2) is 54.6 Å². The zero-order valence-electron chi connectivity index (χ0n) is 17.4. The monoisotopic (exact) mass is 414 g/mol. The van der Waals surface area contributed by atoms with Crippen molar-refractivity contribution in [3.63, 3.8) is 0 Å². The molecule has 1 saturated heterocycles. The molecule has 1 aliphatic heterocycles. The highest BCUT2D eigenvalue weighted by Crippen LogP contribution is 2.30. The minimum atomic E-state index is -0.209. The number of hydrogen-bond acceptors (Lipinski definition) is 5. The number of benzene rings is 2. The van der Waals surface area contributed by atoms with E-state index < -0.39 is 0 Å². The minimum Gasteiger partial charge on any atom is -0.384 e. The molecule has 7 heteroatoms. The topological polar surface area (TPSA) is 89.1 Å². The molecule has 0 spiro atoms. The molecule has 0 saturated carbocycles. The first-order chi connectivity index (χ1) is 15.2. The molecule has 1 aliphatic rings. The van der Waals surface area contributed by atoms with E-state index in [0.29, 0.717) is 29.1 Å². The SMILES string of the molecule is Nc1c(C(=O)NCCN2CCCCC2)c2nc3ccccc3nc2n1-c1ccccc1. The van der Waals surface area contributed by atoms with E-state index in [9.17, 15) is 4.79 Å². The molecule has 2 aromatic heterocycles. The van der Waals surface area contributed by atoms with Gasteiger partial charge in [0.15, 0.2) is 5.65 Å². The molecule has 0 unspecified atom stereocenters. The van der Waals surface area contributed by atoms with E-state index >= 15 is 0 Å². The molecule has 0 atom stereocenters. The fraction of sp³-hybridized carbons (Fsp3) is 0.292. The maximum absolute atomic E-state index is 13.2. The Bertz CT molecular complexity index is 1230. The highest BCUT2D eigenvalue weighted by Gasteiger charge is 2.24. The molecular weight excluding hydrogens is 388 g/mol. The summed E-state index contributed by atoms with van der Waals surface area (Å²) in [5, 5.41) is 3.05. The predicted octanol–water partition coefficient (Wildman–Crippen LogP) is 3.37.